The highest BCUT2D eigenvalue weighted by Crippen LogP contribution is 2.22. The molecule has 8 heteroatoms. The van der Waals surface area contributed by atoms with Crippen molar-refractivity contribution < 1.29 is 32.2 Å². The van der Waals surface area contributed by atoms with Crippen molar-refractivity contribution in [1.29, 1.82) is 0 Å². The maximum absolute atomic E-state index is 12.1. The molecule has 0 aliphatic heterocycles. The van der Waals surface area contributed by atoms with Gasteiger partial charge >= 0.3 is 12.3 Å². The monoisotopic (exact) mass is 353 g/mol. The predicted octanol–water partition coefficient (Wildman–Crippen LogP) is 3.69. The largest absolute Gasteiger partial charge is 0.573 e. The summed E-state index contributed by atoms with van der Waals surface area (Å²) in [7, 11) is 0. The fraction of sp³-hybridized carbons (Fsp3) is 0.176. The van der Waals surface area contributed by atoms with E-state index in [-0.39, 0.29) is 5.56 Å². The molecule has 0 fully saturated rings. The number of halogens is 3. The number of amides is 1. The Morgan fingerprint density at radius 2 is 1.76 bits per heavy atom. The van der Waals surface area contributed by atoms with Crippen LogP contribution in [0.15, 0.2) is 48.5 Å². The van der Waals surface area contributed by atoms with Crippen LogP contribution in [0.4, 0.5) is 18.9 Å². The summed E-state index contributed by atoms with van der Waals surface area (Å²) in [5.74, 6) is -1.82. The van der Waals surface area contributed by atoms with E-state index in [1.165, 1.54) is 0 Å². The number of hydrogen-bond donors (Lipinski definition) is 1. The molecule has 0 aliphatic rings. The van der Waals surface area contributed by atoms with E-state index >= 15 is 0 Å². The van der Waals surface area contributed by atoms with Gasteiger partial charge in [0.05, 0.1) is 5.56 Å². The lowest BCUT2D eigenvalue weighted by Crippen LogP contribution is -2.21. The van der Waals surface area contributed by atoms with E-state index in [1.54, 1.807) is 18.2 Å². The minimum absolute atomic E-state index is 0.00196. The summed E-state index contributed by atoms with van der Waals surface area (Å²) < 4.78 is 44.7. The van der Waals surface area contributed by atoms with Gasteiger partial charge in [0.2, 0.25) is 0 Å². The SMILES string of the molecule is Cc1cccc(NC(=O)COC(=O)c2ccc(OC(F)(F)F)cc2)c1. The first-order valence-electron chi connectivity index (χ1n) is 7.12. The number of rotatable bonds is 5. The Bertz CT molecular complexity index is 757. The van der Waals surface area contributed by atoms with Crippen LogP contribution in [0.5, 0.6) is 5.75 Å². The third-order valence-electron chi connectivity index (χ3n) is 2.96. The van der Waals surface area contributed by atoms with E-state index in [1.807, 2.05) is 13.0 Å². The quantitative estimate of drug-likeness (QED) is 0.833. The van der Waals surface area contributed by atoms with Crippen molar-refractivity contribution in [2.45, 2.75) is 13.3 Å². The third-order valence-corrected chi connectivity index (χ3v) is 2.96. The Balaban J connectivity index is 1.86. The van der Waals surface area contributed by atoms with Gasteiger partial charge in [-0.2, -0.15) is 0 Å². The van der Waals surface area contributed by atoms with E-state index in [4.69, 9.17) is 4.74 Å². The lowest BCUT2D eigenvalue weighted by atomic mass is 10.2. The van der Waals surface area contributed by atoms with Gasteiger partial charge < -0.3 is 14.8 Å². The highest BCUT2D eigenvalue weighted by molar-refractivity contribution is 5.95. The standard InChI is InChI=1S/C17H14F3NO4/c1-11-3-2-4-13(9-11)21-15(22)10-24-16(23)12-5-7-14(8-6-12)25-17(18,19)20/h2-9H,10H2,1H3,(H,21,22). The lowest BCUT2D eigenvalue weighted by Gasteiger charge is -2.09. The van der Waals surface area contributed by atoms with E-state index in [9.17, 15) is 22.8 Å². The van der Waals surface area contributed by atoms with E-state index in [0.29, 0.717) is 5.69 Å². The number of ether oxygens (including phenoxy) is 2. The molecule has 2 aromatic carbocycles. The molecule has 0 bridgehead atoms. The van der Waals surface area contributed by atoms with Crippen molar-refractivity contribution in [3.8, 4) is 5.75 Å². The summed E-state index contributed by atoms with van der Waals surface area (Å²) in [4.78, 5) is 23.5. The van der Waals surface area contributed by atoms with Crippen LogP contribution in [-0.2, 0) is 9.53 Å². The zero-order valence-electron chi connectivity index (χ0n) is 13.1. The first kappa shape index (κ1) is 18.3. The number of carbonyl (C=O) groups excluding carboxylic acids is 2. The molecule has 25 heavy (non-hydrogen) atoms. The highest BCUT2D eigenvalue weighted by atomic mass is 19.4. The maximum Gasteiger partial charge on any atom is 0.573 e. The summed E-state index contributed by atoms with van der Waals surface area (Å²) in [6, 6.07) is 11.3. The van der Waals surface area contributed by atoms with Gasteiger partial charge in [0.1, 0.15) is 5.75 Å². The summed E-state index contributed by atoms with van der Waals surface area (Å²) in [5.41, 5.74) is 1.52. The molecular weight excluding hydrogens is 339 g/mol. The average molecular weight is 353 g/mol. The minimum atomic E-state index is -4.81. The Kier molecular flexibility index (Phi) is 5.63. The van der Waals surface area contributed by atoms with Crippen molar-refractivity contribution in [2.24, 2.45) is 0 Å². The van der Waals surface area contributed by atoms with Crippen LogP contribution in [0, 0.1) is 6.92 Å². The molecule has 0 radical (unpaired) electrons. The molecule has 0 heterocycles. The Morgan fingerprint density at radius 1 is 1.08 bits per heavy atom. The number of anilines is 1. The normalized spacial score (nSPS) is 10.9. The molecule has 132 valence electrons. The maximum atomic E-state index is 12.1. The van der Waals surface area contributed by atoms with Gasteiger partial charge in [-0.25, -0.2) is 4.79 Å². The zero-order valence-corrected chi connectivity index (χ0v) is 13.1. The first-order chi connectivity index (χ1) is 11.7. The number of alkyl halides is 3. The number of aryl methyl sites for hydroxylation is 1. The number of hydrogen-bond acceptors (Lipinski definition) is 4. The van der Waals surface area contributed by atoms with E-state index in [0.717, 1.165) is 29.8 Å². The summed E-state index contributed by atoms with van der Waals surface area (Å²) in [6.07, 6.45) is -4.81. The second-order valence-electron chi connectivity index (χ2n) is 5.07. The van der Waals surface area contributed by atoms with Crippen LogP contribution >= 0.6 is 0 Å². The Morgan fingerprint density at radius 3 is 2.36 bits per heavy atom. The number of esters is 1. The van der Waals surface area contributed by atoms with Crippen LogP contribution in [0.25, 0.3) is 0 Å². The topological polar surface area (TPSA) is 64.6 Å². The molecule has 0 spiro atoms. The smallest absolute Gasteiger partial charge is 0.452 e. The highest BCUT2D eigenvalue weighted by Gasteiger charge is 2.31. The van der Waals surface area contributed by atoms with Crippen molar-refractivity contribution >= 4 is 17.6 Å². The molecule has 2 rings (SSSR count). The van der Waals surface area contributed by atoms with Crippen molar-refractivity contribution in [3.05, 3.63) is 59.7 Å². The van der Waals surface area contributed by atoms with Gasteiger partial charge in [-0.1, -0.05) is 12.1 Å². The molecule has 0 saturated carbocycles. The fourth-order valence-electron chi connectivity index (χ4n) is 1.93. The van der Waals surface area contributed by atoms with Gasteiger partial charge in [-0.05, 0) is 48.9 Å². The molecule has 0 aromatic heterocycles. The van der Waals surface area contributed by atoms with Crippen LogP contribution in [0.2, 0.25) is 0 Å². The number of nitrogens with one attached hydrogen (secondary N) is 1. The minimum Gasteiger partial charge on any atom is -0.452 e. The molecule has 1 amide bonds. The second kappa shape index (κ2) is 7.69. The number of carbonyl (C=O) groups is 2. The molecule has 0 saturated heterocycles. The van der Waals surface area contributed by atoms with Crippen molar-refractivity contribution in [2.75, 3.05) is 11.9 Å². The molecule has 2 aromatic rings. The number of benzene rings is 2. The Hall–Kier alpha value is -3.03. The predicted molar refractivity (Wildman–Crippen MR) is 83.2 cm³/mol. The van der Waals surface area contributed by atoms with Crippen LogP contribution < -0.4 is 10.1 Å². The van der Waals surface area contributed by atoms with Gasteiger partial charge in [0.25, 0.3) is 5.91 Å². The van der Waals surface area contributed by atoms with Crippen molar-refractivity contribution in [3.63, 3.8) is 0 Å². The molecule has 0 atom stereocenters. The van der Waals surface area contributed by atoms with Crippen LogP contribution in [0.1, 0.15) is 15.9 Å². The zero-order chi connectivity index (χ0) is 18.4. The third kappa shape index (κ3) is 6.17. The van der Waals surface area contributed by atoms with Gasteiger partial charge in [0, 0.05) is 5.69 Å². The van der Waals surface area contributed by atoms with Crippen LogP contribution in [-0.4, -0.2) is 24.8 Å². The lowest BCUT2D eigenvalue weighted by molar-refractivity contribution is -0.274. The molecule has 0 aliphatic carbocycles. The summed E-state index contributed by atoms with van der Waals surface area (Å²) >= 11 is 0. The van der Waals surface area contributed by atoms with Crippen molar-refractivity contribution in [1.82, 2.24) is 0 Å². The first-order valence-corrected chi connectivity index (χ1v) is 7.12. The van der Waals surface area contributed by atoms with E-state index in [2.05, 4.69) is 10.1 Å². The van der Waals surface area contributed by atoms with Gasteiger partial charge in [0.15, 0.2) is 6.61 Å². The van der Waals surface area contributed by atoms with Gasteiger partial charge in [-0.3, -0.25) is 4.79 Å². The summed E-state index contributed by atoms with van der Waals surface area (Å²) in [6.45, 7) is 1.34. The molecule has 1 N–H and O–H groups in total. The molecular formula is C17H14F3NO4. The van der Waals surface area contributed by atoms with Gasteiger partial charge in [-0.15, -0.1) is 13.2 Å². The molecule has 5 nitrogen and oxygen atoms in total. The summed E-state index contributed by atoms with van der Waals surface area (Å²) in [5, 5.41) is 2.56. The van der Waals surface area contributed by atoms with Crippen LogP contribution in [0.3, 0.4) is 0 Å². The fourth-order valence-corrected chi connectivity index (χ4v) is 1.93. The second-order valence-corrected chi connectivity index (χ2v) is 5.07. The van der Waals surface area contributed by atoms with E-state index < -0.39 is 30.6 Å². The molecule has 0 unspecified atom stereocenters. The average Bonchev–Trinajstić information content (AvgIpc) is 2.52. The Labute approximate surface area is 141 Å².